The van der Waals surface area contributed by atoms with Gasteiger partial charge in [0.15, 0.2) is 11.5 Å². The highest BCUT2D eigenvalue weighted by molar-refractivity contribution is 7.23. The lowest BCUT2D eigenvalue weighted by Crippen LogP contribution is -2.48. The zero-order valence-corrected chi connectivity index (χ0v) is 33.8. The Labute approximate surface area is 360 Å². The Hall–Kier alpha value is -6.41. The van der Waals surface area contributed by atoms with Crippen LogP contribution in [0.2, 0.25) is 0 Å². The number of benzene rings is 2. The summed E-state index contributed by atoms with van der Waals surface area (Å²) in [6.45, 7) is -0.857. The monoisotopic (exact) mass is 916 g/mol. The minimum Gasteiger partial charge on any atom is -0.490 e. The predicted molar refractivity (Wildman–Crippen MR) is 214 cm³/mol. The third kappa shape index (κ3) is 7.11. The molecule has 0 radical (unpaired) electrons. The quantitative estimate of drug-likeness (QED) is 0.118. The minimum absolute atomic E-state index is 0.0313. The van der Waals surface area contributed by atoms with E-state index in [1.807, 2.05) is 0 Å². The molecule has 4 aromatic heterocycles. The fraction of sp³-hybridized carbons (Fsp3) is 0.366. The molecule has 2 aromatic carbocycles. The highest BCUT2D eigenvalue weighted by Gasteiger charge is 2.51. The summed E-state index contributed by atoms with van der Waals surface area (Å²) in [5, 5.41) is 8.65. The Morgan fingerprint density at radius 2 is 1.78 bits per heavy atom. The van der Waals surface area contributed by atoms with Gasteiger partial charge in [-0.15, -0.1) is 11.3 Å². The maximum Gasteiger partial charge on any atom is 0.420 e. The van der Waals surface area contributed by atoms with E-state index in [2.05, 4.69) is 29.8 Å². The Balaban J connectivity index is 1.20. The first-order valence-electron chi connectivity index (χ1n) is 19.7. The van der Waals surface area contributed by atoms with Crippen LogP contribution in [0.4, 0.5) is 56.2 Å². The number of nitrogens with zero attached hydrogens (tertiary/aromatic N) is 8. The summed E-state index contributed by atoms with van der Waals surface area (Å²) in [4.78, 5) is 23.3. The number of nitrogens with two attached hydrogens (primary N) is 2. The molecule has 7 heterocycles. The summed E-state index contributed by atoms with van der Waals surface area (Å²) in [7, 11) is 0. The number of nitriles is 1. The maximum absolute atomic E-state index is 17.7. The molecule has 0 bridgehead atoms. The van der Waals surface area contributed by atoms with E-state index in [0.29, 0.717) is 43.6 Å². The number of halogens is 9. The molecule has 3 aliphatic rings. The summed E-state index contributed by atoms with van der Waals surface area (Å²) >= 11 is 0.584. The number of hydrogen-bond acceptors (Lipinski definition) is 14. The van der Waals surface area contributed by atoms with Crippen LogP contribution < -0.4 is 30.6 Å². The lowest BCUT2D eigenvalue weighted by Gasteiger charge is -2.35. The van der Waals surface area contributed by atoms with Gasteiger partial charge in [-0.2, -0.15) is 28.4 Å². The molecule has 0 aliphatic carbocycles. The Kier molecular flexibility index (Phi) is 10.9. The second-order valence-corrected chi connectivity index (χ2v) is 16.4. The van der Waals surface area contributed by atoms with Gasteiger partial charge in [-0.25, -0.2) is 41.3 Å². The fourth-order valence-corrected chi connectivity index (χ4v) is 10.2. The van der Waals surface area contributed by atoms with Crippen LogP contribution in [0.25, 0.3) is 32.1 Å². The second kappa shape index (κ2) is 16.3. The zero-order valence-electron chi connectivity index (χ0n) is 33.0. The van der Waals surface area contributed by atoms with Gasteiger partial charge >= 0.3 is 12.2 Å². The van der Waals surface area contributed by atoms with Gasteiger partial charge < -0.3 is 30.6 Å². The largest absolute Gasteiger partial charge is 0.490 e. The summed E-state index contributed by atoms with van der Waals surface area (Å²) in [6, 6.07) is 3.16. The van der Waals surface area contributed by atoms with Crippen molar-refractivity contribution in [2.75, 3.05) is 49.3 Å². The van der Waals surface area contributed by atoms with Crippen LogP contribution in [-0.2, 0) is 6.18 Å². The van der Waals surface area contributed by atoms with Gasteiger partial charge in [0.25, 0.3) is 12.9 Å². The summed E-state index contributed by atoms with van der Waals surface area (Å²) < 4.78 is 155. The number of ether oxygens (including phenoxy) is 3. The molecular formula is C41H33F9N10O3S. The van der Waals surface area contributed by atoms with Crippen LogP contribution in [0, 0.1) is 23.0 Å². The number of pyridine rings is 1. The fourth-order valence-electron chi connectivity index (χ4n) is 9.22. The molecule has 9 rings (SSSR count). The summed E-state index contributed by atoms with van der Waals surface area (Å²) in [6.07, 6.45) is -5.74. The van der Waals surface area contributed by atoms with Crippen LogP contribution in [0.1, 0.15) is 60.5 Å². The van der Waals surface area contributed by atoms with Gasteiger partial charge in [-0.3, -0.25) is 4.90 Å². The van der Waals surface area contributed by atoms with E-state index in [9.17, 15) is 14.0 Å². The number of hydrogen-bond donors (Lipinski definition) is 2. The third-order valence-electron chi connectivity index (χ3n) is 11.9. The van der Waals surface area contributed by atoms with Crippen molar-refractivity contribution < 1.29 is 53.7 Å². The van der Waals surface area contributed by atoms with Crippen molar-refractivity contribution >= 4 is 49.0 Å². The lowest BCUT2D eigenvalue weighted by atomic mass is 9.91. The van der Waals surface area contributed by atoms with Crippen LogP contribution in [0.5, 0.6) is 17.6 Å². The average molecular weight is 917 g/mol. The van der Waals surface area contributed by atoms with Gasteiger partial charge in [0, 0.05) is 41.1 Å². The van der Waals surface area contributed by atoms with Crippen LogP contribution in [0.15, 0.2) is 42.9 Å². The van der Waals surface area contributed by atoms with E-state index in [1.54, 1.807) is 6.07 Å². The molecule has 6 aromatic rings. The van der Waals surface area contributed by atoms with E-state index in [1.165, 1.54) is 24.5 Å². The molecule has 3 aliphatic heterocycles. The molecule has 0 amide bonds. The van der Waals surface area contributed by atoms with E-state index in [-0.39, 0.29) is 46.2 Å². The normalized spacial score (nSPS) is 19.3. The molecular weight excluding hydrogens is 884 g/mol. The molecule has 3 atom stereocenters. The standard InChI is InChI=1S/C41H33F9N10O3S/c42-22-5-4-19(23-21(15-51)36(53)64-32(22)23)24-26(41(48,49)50)31-25-28(27(24)43)57-39(58-37(25)59(13-14-61-31)30(34(46)47)20-3-1-9-55-35(20)52)63-17-40-7-2-12-60(40)18(6-8-40)16-62-38-29(33(44)45)54-10-11-56-38/h1,3-5,9-11,18,30,33-34H,2,6-8,12-14,16-17,53H2,(H2,52,55)/t18-,30-,40-/m0/s1. The smallest absolute Gasteiger partial charge is 0.420 e. The first-order valence-corrected chi connectivity index (χ1v) is 20.5. The van der Waals surface area contributed by atoms with E-state index in [0.717, 1.165) is 23.2 Å². The van der Waals surface area contributed by atoms with E-state index < -0.39 is 117 Å². The van der Waals surface area contributed by atoms with Gasteiger partial charge in [-0.05, 0) is 49.9 Å². The van der Waals surface area contributed by atoms with E-state index in [4.69, 9.17) is 25.7 Å². The average Bonchev–Trinajstić information content (AvgIpc) is 3.90. The van der Waals surface area contributed by atoms with Crippen molar-refractivity contribution in [3.63, 3.8) is 0 Å². The van der Waals surface area contributed by atoms with Crippen molar-refractivity contribution in [3.8, 4) is 34.8 Å². The van der Waals surface area contributed by atoms with Gasteiger partial charge in [0.1, 0.15) is 71.2 Å². The first kappa shape index (κ1) is 42.9. The maximum atomic E-state index is 17.7. The molecule has 2 saturated heterocycles. The molecule has 0 unspecified atom stereocenters. The Morgan fingerprint density at radius 1 is 0.984 bits per heavy atom. The Morgan fingerprint density at radius 3 is 2.52 bits per heavy atom. The molecule has 13 nitrogen and oxygen atoms in total. The lowest BCUT2D eigenvalue weighted by molar-refractivity contribution is -0.138. The van der Waals surface area contributed by atoms with Gasteiger partial charge in [0.05, 0.1) is 27.7 Å². The number of fused-ring (bicyclic) bond motifs is 2. The van der Waals surface area contributed by atoms with E-state index >= 15 is 30.7 Å². The van der Waals surface area contributed by atoms with Gasteiger partial charge in [-0.1, -0.05) is 12.1 Å². The molecule has 4 N–H and O–H groups in total. The zero-order chi connectivity index (χ0) is 45.2. The molecule has 334 valence electrons. The highest BCUT2D eigenvalue weighted by atomic mass is 32.1. The molecule has 23 heteroatoms. The topological polar surface area (TPSA) is 174 Å². The van der Waals surface area contributed by atoms with Crippen molar-refractivity contribution in [3.05, 3.63) is 76.9 Å². The number of anilines is 3. The number of nitrogen functional groups attached to an aromatic ring is 2. The first-order chi connectivity index (χ1) is 30.6. The second-order valence-electron chi connectivity index (χ2n) is 15.4. The number of thiophene rings is 1. The minimum atomic E-state index is -5.42. The molecule has 64 heavy (non-hydrogen) atoms. The number of rotatable bonds is 11. The number of aromatic nitrogens is 5. The molecule has 0 saturated carbocycles. The summed E-state index contributed by atoms with van der Waals surface area (Å²) in [5.74, 6) is -4.80. The van der Waals surface area contributed by atoms with Gasteiger partial charge in [0.2, 0.25) is 5.88 Å². The van der Waals surface area contributed by atoms with Crippen molar-refractivity contribution in [1.82, 2.24) is 29.8 Å². The van der Waals surface area contributed by atoms with Crippen molar-refractivity contribution in [1.29, 1.82) is 5.26 Å². The molecule has 2 fully saturated rings. The van der Waals surface area contributed by atoms with Crippen molar-refractivity contribution in [2.24, 2.45) is 0 Å². The van der Waals surface area contributed by atoms with Crippen molar-refractivity contribution in [2.45, 2.75) is 62.3 Å². The predicted octanol–water partition coefficient (Wildman–Crippen LogP) is 8.63. The molecule has 0 spiro atoms. The van der Waals surface area contributed by atoms with Crippen LogP contribution in [-0.4, -0.2) is 80.7 Å². The third-order valence-corrected chi connectivity index (χ3v) is 12.9. The van der Waals surface area contributed by atoms with Crippen LogP contribution in [0.3, 0.4) is 0 Å². The SMILES string of the molecule is N#Cc1c(N)sc2c(F)ccc(-c3c(C(F)(F)F)c4c5c(nc(OC[C@@]67CCCN6[C@H](COc6nccnc6C(F)F)CC7)nc5c3F)N([C@@H](c3cccnc3N)C(F)F)CCO4)c12. The summed E-state index contributed by atoms with van der Waals surface area (Å²) in [5.41, 5.74) is 5.87. The number of alkyl halides is 7. The highest BCUT2D eigenvalue weighted by Crippen LogP contribution is 2.54. The van der Waals surface area contributed by atoms with Crippen LogP contribution >= 0.6 is 11.3 Å². The Bertz CT molecular complexity index is 2840.